The van der Waals surface area contributed by atoms with Gasteiger partial charge in [0, 0.05) is 11.6 Å². The Labute approximate surface area is 188 Å². The molecule has 0 amide bonds. The Morgan fingerprint density at radius 3 is 2.25 bits per heavy atom. The smallest absolute Gasteiger partial charge is 0.201 e. The third kappa shape index (κ3) is 6.56. The van der Waals surface area contributed by atoms with Gasteiger partial charge in [0.05, 0.1) is 5.39 Å². The van der Waals surface area contributed by atoms with E-state index in [2.05, 4.69) is 10.6 Å². The van der Waals surface area contributed by atoms with Crippen LogP contribution in [-0.4, -0.2) is 42.9 Å². The van der Waals surface area contributed by atoms with Gasteiger partial charge in [-0.15, -0.1) is 0 Å². The number of aromatic hydroxyl groups is 2. The van der Waals surface area contributed by atoms with Gasteiger partial charge in [0.1, 0.15) is 5.76 Å². The first-order valence-electron chi connectivity index (χ1n) is 11.3. The van der Waals surface area contributed by atoms with Gasteiger partial charge in [0.25, 0.3) is 0 Å². The SMILES string of the molecule is NCCCCNCCCNCCCc1ccc(-c2cc(=O)c3ccc(O)c(O)c3o2)cc1. The van der Waals surface area contributed by atoms with E-state index in [-0.39, 0.29) is 22.1 Å². The number of rotatable bonds is 13. The number of hydrogen-bond acceptors (Lipinski definition) is 7. The number of benzene rings is 2. The zero-order valence-electron chi connectivity index (χ0n) is 18.4. The summed E-state index contributed by atoms with van der Waals surface area (Å²) in [6.45, 7) is 4.81. The van der Waals surface area contributed by atoms with E-state index in [4.69, 9.17) is 10.2 Å². The lowest BCUT2D eigenvalue weighted by molar-refractivity contribution is 0.400. The Kier molecular flexibility index (Phi) is 9.10. The predicted molar refractivity (Wildman–Crippen MR) is 128 cm³/mol. The van der Waals surface area contributed by atoms with Gasteiger partial charge in [-0.1, -0.05) is 24.3 Å². The molecule has 0 saturated carbocycles. The van der Waals surface area contributed by atoms with E-state index in [0.717, 1.165) is 70.4 Å². The highest BCUT2D eigenvalue weighted by molar-refractivity contribution is 5.86. The molecule has 6 N–H and O–H groups in total. The second-order valence-electron chi connectivity index (χ2n) is 7.93. The predicted octanol–water partition coefficient (Wildman–Crippen LogP) is 3.11. The molecular weight excluding hydrogens is 406 g/mol. The molecule has 0 radical (unpaired) electrons. The molecule has 172 valence electrons. The standard InChI is InChI=1S/C25H33N3O4/c26-12-1-2-13-27-15-4-16-28-14-3-5-18-6-8-19(9-7-18)23-17-22(30)20-10-11-21(29)24(31)25(20)32-23/h6-11,17,27-29,31H,1-5,12-16,26H2. The first-order valence-corrected chi connectivity index (χ1v) is 11.3. The fourth-order valence-electron chi connectivity index (χ4n) is 3.57. The molecule has 0 aliphatic rings. The zero-order chi connectivity index (χ0) is 22.8. The Morgan fingerprint density at radius 1 is 0.844 bits per heavy atom. The quantitative estimate of drug-likeness (QED) is 0.205. The van der Waals surface area contributed by atoms with Crippen molar-refractivity contribution in [3.63, 3.8) is 0 Å². The van der Waals surface area contributed by atoms with Gasteiger partial charge in [0.2, 0.25) is 5.75 Å². The van der Waals surface area contributed by atoms with Crippen molar-refractivity contribution in [2.45, 2.75) is 32.1 Å². The molecule has 0 saturated heterocycles. The second-order valence-corrected chi connectivity index (χ2v) is 7.93. The van der Waals surface area contributed by atoms with Crippen molar-refractivity contribution in [3.8, 4) is 22.8 Å². The molecule has 0 unspecified atom stereocenters. The van der Waals surface area contributed by atoms with Crippen molar-refractivity contribution in [1.29, 1.82) is 0 Å². The molecule has 1 aromatic heterocycles. The fourth-order valence-corrected chi connectivity index (χ4v) is 3.57. The largest absolute Gasteiger partial charge is 0.504 e. The summed E-state index contributed by atoms with van der Waals surface area (Å²) in [6, 6.07) is 12.0. The summed E-state index contributed by atoms with van der Waals surface area (Å²) in [5.74, 6) is -0.387. The molecule has 0 spiro atoms. The van der Waals surface area contributed by atoms with E-state index in [1.165, 1.54) is 23.8 Å². The second kappa shape index (κ2) is 12.2. The van der Waals surface area contributed by atoms with Gasteiger partial charge in [-0.25, -0.2) is 0 Å². The number of unbranched alkanes of at least 4 members (excludes halogenated alkanes) is 1. The van der Waals surface area contributed by atoms with Crippen molar-refractivity contribution in [2.75, 3.05) is 32.7 Å². The van der Waals surface area contributed by atoms with Crippen LogP contribution < -0.4 is 21.8 Å². The average molecular weight is 440 g/mol. The maximum Gasteiger partial charge on any atom is 0.201 e. The molecule has 0 aliphatic carbocycles. The van der Waals surface area contributed by atoms with E-state index in [1.807, 2.05) is 24.3 Å². The summed E-state index contributed by atoms with van der Waals surface area (Å²) in [7, 11) is 0. The van der Waals surface area contributed by atoms with E-state index >= 15 is 0 Å². The summed E-state index contributed by atoms with van der Waals surface area (Å²) in [6.07, 6.45) is 5.34. The summed E-state index contributed by atoms with van der Waals surface area (Å²) in [5, 5.41) is 26.9. The van der Waals surface area contributed by atoms with Crippen LogP contribution in [0.1, 0.15) is 31.2 Å². The van der Waals surface area contributed by atoms with Crippen molar-refractivity contribution < 1.29 is 14.6 Å². The van der Waals surface area contributed by atoms with Crippen molar-refractivity contribution in [3.05, 3.63) is 58.3 Å². The van der Waals surface area contributed by atoms with Crippen molar-refractivity contribution in [2.24, 2.45) is 5.73 Å². The molecule has 3 aromatic rings. The van der Waals surface area contributed by atoms with Crippen molar-refractivity contribution in [1.82, 2.24) is 10.6 Å². The third-order valence-electron chi connectivity index (χ3n) is 5.42. The van der Waals surface area contributed by atoms with Gasteiger partial charge in [0.15, 0.2) is 16.8 Å². The Bertz CT molecular complexity index is 1050. The molecule has 32 heavy (non-hydrogen) atoms. The highest BCUT2D eigenvalue weighted by Gasteiger charge is 2.13. The highest BCUT2D eigenvalue weighted by Crippen LogP contribution is 2.34. The lowest BCUT2D eigenvalue weighted by atomic mass is 10.1. The van der Waals surface area contributed by atoms with Gasteiger partial charge in [-0.05, 0) is 82.5 Å². The number of phenolic OH excluding ortho intramolecular Hbond substituents is 2. The van der Waals surface area contributed by atoms with Crippen LogP contribution in [0.5, 0.6) is 11.5 Å². The van der Waals surface area contributed by atoms with E-state index in [1.54, 1.807) is 0 Å². The summed E-state index contributed by atoms with van der Waals surface area (Å²) >= 11 is 0. The van der Waals surface area contributed by atoms with Crippen LogP contribution in [0, 0.1) is 0 Å². The van der Waals surface area contributed by atoms with E-state index in [0.29, 0.717) is 5.76 Å². The van der Waals surface area contributed by atoms with Crippen LogP contribution in [0.2, 0.25) is 0 Å². The fraction of sp³-hybridized carbons (Fsp3) is 0.400. The minimum atomic E-state index is -0.423. The van der Waals surface area contributed by atoms with Crippen LogP contribution >= 0.6 is 0 Å². The van der Waals surface area contributed by atoms with E-state index in [9.17, 15) is 15.0 Å². The Morgan fingerprint density at radius 2 is 1.53 bits per heavy atom. The molecule has 0 bridgehead atoms. The number of aryl methyl sites for hydroxylation is 1. The average Bonchev–Trinajstić information content (AvgIpc) is 2.80. The topological polar surface area (TPSA) is 121 Å². The van der Waals surface area contributed by atoms with Gasteiger partial charge >= 0.3 is 0 Å². The number of hydrogen-bond donors (Lipinski definition) is 5. The van der Waals surface area contributed by atoms with Gasteiger partial charge in [-0.3, -0.25) is 4.79 Å². The number of phenols is 2. The van der Waals surface area contributed by atoms with Gasteiger partial charge < -0.3 is 31.0 Å². The molecule has 2 aromatic carbocycles. The molecule has 3 rings (SSSR count). The normalized spacial score (nSPS) is 11.3. The maximum absolute atomic E-state index is 12.4. The zero-order valence-corrected chi connectivity index (χ0v) is 18.4. The molecule has 0 atom stereocenters. The summed E-state index contributed by atoms with van der Waals surface area (Å²) in [5.41, 5.74) is 7.16. The van der Waals surface area contributed by atoms with Crippen LogP contribution in [0.25, 0.3) is 22.3 Å². The number of fused-ring (bicyclic) bond motifs is 1. The van der Waals surface area contributed by atoms with Crippen LogP contribution in [0.3, 0.4) is 0 Å². The minimum absolute atomic E-state index is 0.00610. The monoisotopic (exact) mass is 439 g/mol. The van der Waals surface area contributed by atoms with Gasteiger partial charge in [-0.2, -0.15) is 0 Å². The Hall–Kier alpha value is -2.87. The van der Waals surface area contributed by atoms with Crippen LogP contribution in [0.15, 0.2) is 51.7 Å². The lowest BCUT2D eigenvalue weighted by Crippen LogP contribution is -2.23. The third-order valence-corrected chi connectivity index (χ3v) is 5.42. The lowest BCUT2D eigenvalue weighted by Gasteiger charge is -2.08. The molecule has 0 aliphatic heterocycles. The van der Waals surface area contributed by atoms with Crippen LogP contribution in [0.4, 0.5) is 0 Å². The summed E-state index contributed by atoms with van der Waals surface area (Å²) in [4.78, 5) is 12.4. The summed E-state index contributed by atoms with van der Waals surface area (Å²) < 4.78 is 5.72. The molecular formula is C25H33N3O4. The molecule has 1 heterocycles. The van der Waals surface area contributed by atoms with Crippen molar-refractivity contribution >= 4 is 11.0 Å². The Balaban J connectivity index is 1.45. The molecule has 7 heteroatoms. The maximum atomic E-state index is 12.4. The van der Waals surface area contributed by atoms with Crippen LogP contribution in [-0.2, 0) is 6.42 Å². The number of nitrogens with two attached hydrogens (primary N) is 1. The highest BCUT2D eigenvalue weighted by atomic mass is 16.4. The first kappa shape index (κ1) is 23.8. The number of nitrogens with one attached hydrogen (secondary N) is 2. The minimum Gasteiger partial charge on any atom is -0.504 e. The first-order chi connectivity index (χ1) is 15.6. The molecule has 0 fully saturated rings. The molecule has 7 nitrogen and oxygen atoms in total. The van der Waals surface area contributed by atoms with E-state index < -0.39 is 5.75 Å².